The largest absolute Gasteiger partial charge is 0.368 e. The predicted octanol–water partition coefficient (Wildman–Crippen LogP) is 3.13. The molecule has 3 saturated heterocycles. The van der Waals surface area contributed by atoms with Gasteiger partial charge in [-0.2, -0.15) is 0 Å². The van der Waals surface area contributed by atoms with E-state index in [0.29, 0.717) is 30.5 Å². The summed E-state index contributed by atoms with van der Waals surface area (Å²) >= 11 is 0. The lowest BCUT2D eigenvalue weighted by molar-refractivity contribution is -0.139. The molecule has 0 radical (unpaired) electrons. The number of benzene rings is 1. The summed E-state index contributed by atoms with van der Waals surface area (Å²) in [5.41, 5.74) is 1.87. The number of nitrogens with one attached hydrogen (secondary N) is 1. The van der Waals surface area contributed by atoms with E-state index in [4.69, 9.17) is 4.74 Å². The fourth-order valence-corrected chi connectivity index (χ4v) is 6.57. The molecule has 35 heavy (non-hydrogen) atoms. The first-order valence-corrected chi connectivity index (χ1v) is 13.5. The molecule has 7 heteroatoms. The lowest BCUT2D eigenvalue weighted by Gasteiger charge is -2.34. The van der Waals surface area contributed by atoms with Crippen molar-refractivity contribution in [3.05, 3.63) is 35.4 Å². The normalized spacial score (nSPS) is 26.9. The maximum atomic E-state index is 13.6. The second-order valence-electron chi connectivity index (χ2n) is 11.1. The number of carbonyl (C=O) groups is 3. The molecule has 7 nitrogen and oxygen atoms in total. The number of ketones is 1. The van der Waals surface area contributed by atoms with Gasteiger partial charge in [-0.1, -0.05) is 25.0 Å². The van der Waals surface area contributed by atoms with Crippen molar-refractivity contribution >= 4 is 17.6 Å². The van der Waals surface area contributed by atoms with Gasteiger partial charge in [0.05, 0.1) is 6.10 Å². The van der Waals surface area contributed by atoms with Gasteiger partial charge in [-0.25, -0.2) is 0 Å². The number of amides is 2. The molecule has 2 amide bonds. The number of ether oxygens (including phenoxy) is 1. The summed E-state index contributed by atoms with van der Waals surface area (Å²) in [5.74, 6) is 0.302. The lowest BCUT2D eigenvalue weighted by atomic mass is 9.88. The Bertz CT molecular complexity index is 932. The predicted molar refractivity (Wildman–Crippen MR) is 133 cm³/mol. The summed E-state index contributed by atoms with van der Waals surface area (Å²) in [6.07, 6.45) is 6.78. The van der Waals surface area contributed by atoms with E-state index in [1.54, 1.807) is 4.90 Å². The summed E-state index contributed by atoms with van der Waals surface area (Å²) < 4.78 is 5.57. The average Bonchev–Trinajstić information content (AvgIpc) is 3.62. The second kappa shape index (κ2) is 10.4. The zero-order valence-corrected chi connectivity index (χ0v) is 21.1. The molecule has 4 aliphatic rings. The number of Topliss-reactive ketones (excluding diaryl/α,β-unsaturated/α-hetero) is 1. The van der Waals surface area contributed by atoms with Crippen LogP contribution in [-0.2, 0) is 14.3 Å². The number of rotatable bonds is 6. The van der Waals surface area contributed by atoms with E-state index >= 15 is 0 Å². The van der Waals surface area contributed by atoms with E-state index in [0.717, 1.165) is 51.6 Å². The first-order valence-electron chi connectivity index (χ1n) is 13.5. The van der Waals surface area contributed by atoms with E-state index in [-0.39, 0.29) is 36.2 Å². The standard InChI is InChI=1S/C28H39N3O4/c1-18(2)30-14-11-20(12-15-30)19-7-9-22(10-8-19)27(33)29-25(21-5-3-4-6-21)28(34)31-16-13-24-26(31)23(32)17-35-24/h7-10,18,20-21,24-26H,3-6,11-17H2,1-2H3,(H,29,33)/t24-,25+,26-/m1/s1. The van der Waals surface area contributed by atoms with Gasteiger partial charge in [-0.05, 0) is 88.6 Å². The Morgan fingerprint density at radius 1 is 0.971 bits per heavy atom. The summed E-state index contributed by atoms with van der Waals surface area (Å²) in [5, 5.41) is 3.07. The third-order valence-corrected chi connectivity index (χ3v) is 8.72. The van der Waals surface area contributed by atoms with E-state index in [9.17, 15) is 14.4 Å². The molecule has 190 valence electrons. The SMILES string of the molecule is CC(C)N1CCC(c2ccc(C(=O)N[C@H](C(=O)N3CC[C@H]4OCC(=O)[C@H]43)C3CCCC3)cc2)CC1. The Morgan fingerprint density at radius 3 is 2.31 bits per heavy atom. The maximum Gasteiger partial charge on any atom is 0.251 e. The van der Waals surface area contributed by atoms with Crippen molar-refractivity contribution in [1.29, 1.82) is 0 Å². The summed E-state index contributed by atoms with van der Waals surface area (Å²) in [4.78, 5) is 43.4. The number of carbonyl (C=O) groups excluding carboxylic acids is 3. The van der Waals surface area contributed by atoms with Gasteiger partial charge in [0.1, 0.15) is 18.7 Å². The molecule has 1 saturated carbocycles. The van der Waals surface area contributed by atoms with Crippen molar-refractivity contribution < 1.29 is 19.1 Å². The van der Waals surface area contributed by atoms with E-state index in [1.165, 1.54) is 5.56 Å². The highest BCUT2D eigenvalue weighted by Gasteiger charge is 2.49. The Kier molecular flexibility index (Phi) is 7.26. The molecule has 0 unspecified atom stereocenters. The van der Waals surface area contributed by atoms with Crippen LogP contribution in [0.15, 0.2) is 24.3 Å². The fourth-order valence-electron chi connectivity index (χ4n) is 6.57. The molecule has 0 spiro atoms. The van der Waals surface area contributed by atoms with E-state index in [2.05, 4.69) is 36.2 Å². The zero-order chi connectivity index (χ0) is 24.5. The van der Waals surface area contributed by atoms with Gasteiger partial charge in [0.25, 0.3) is 5.91 Å². The maximum absolute atomic E-state index is 13.6. The van der Waals surface area contributed by atoms with Crippen molar-refractivity contribution in [2.75, 3.05) is 26.2 Å². The minimum absolute atomic E-state index is 0.0211. The minimum Gasteiger partial charge on any atom is -0.368 e. The van der Waals surface area contributed by atoms with Crippen LogP contribution in [0.3, 0.4) is 0 Å². The smallest absolute Gasteiger partial charge is 0.251 e. The molecule has 1 aliphatic carbocycles. The molecule has 0 aromatic heterocycles. The molecule has 3 aliphatic heterocycles. The summed E-state index contributed by atoms with van der Waals surface area (Å²) in [6, 6.07) is 7.48. The molecule has 1 N–H and O–H groups in total. The Balaban J connectivity index is 1.25. The van der Waals surface area contributed by atoms with Crippen LogP contribution in [0.4, 0.5) is 0 Å². The fraction of sp³-hybridized carbons (Fsp3) is 0.679. The number of hydrogen-bond donors (Lipinski definition) is 1. The molecule has 3 heterocycles. The Hall–Kier alpha value is -2.25. The van der Waals surface area contributed by atoms with Crippen molar-refractivity contribution in [3.8, 4) is 0 Å². The third-order valence-electron chi connectivity index (χ3n) is 8.72. The first-order chi connectivity index (χ1) is 16.9. The van der Waals surface area contributed by atoms with Crippen LogP contribution in [0.2, 0.25) is 0 Å². The highest BCUT2D eigenvalue weighted by molar-refractivity contribution is 5.99. The molecule has 5 rings (SSSR count). The van der Waals surface area contributed by atoms with Crippen LogP contribution in [0.1, 0.15) is 80.6 Å². The number of piperidine rings is 1. The van der Waals surface area contributed by atoms with Crippen LogP contribution < -0.4 is 5.32 Å². The number of fused-ring (bicyclic) bond motifs is 1. The summed E-state index contributed by atoms with van der Waals surface area (Å²) in [7, 11) is 0. The topological polar surface area (TPSA) is 79.0 Å². The van der Waals surface area contributed by atoms with E-state index in [1.807, 2.05) is 12.1 Å². The molecule has 0 bridgehead atoms. The number of nitrogens with zero attached hydrogens (tertiary/aromatic N) is 2. The Labute approximate surface area is 208 Å². The molecule has 3 atom stereocenters. The second-order valence-corrected chi connectivity index (χ2v) is 11.1. The van der Waals surface area contributed by atoms with Gasteiger partial charge in [0.15, 0.2) is 5.78 Å². The first kappa shape index (κ1) is 24.4. The molecular weight excluding hydrogens is 442 g/mol. The molecule has 4 fully saturated rings. The van der Waals surface area contributed by atoms with Gasteiger partial charge >= 0.3 is 0 Å². The summed E-state index contributed by atoms with van der Waals surface area (Å²) in [6.45, 7) is 7.33. The Morgan fingerprint density at radius 2 is 1.66 bits per heavy atom. The monoisotopic (exact) mass is 481 g/mol. The molecule has 1 aromatic carbocycles. The highest BCUT2D eigenvalue weighted by Crippen LogP contribution is 2.33. The quantitative estimate of drug-likeness (QED) is 0.675. The highest BCUT2D eigenvalue weighted by atomic mass is 16.5. The number of hydrogen-bond acceptors (Lipinski definition) is 5. The van der Waals surface area contributed by atoms with Gasteiger partial charge in [0.2, 0.25) is 5.91 Å². The van der Waals surface area contributed by atoms with Crippen LogP contribution in [0.25, 0.3) is 0 Å². The molecular formula is C28H39N3O4. The molecule has 1 aromatic rings. The van der Waals surface area contributed by atoms with Crippen LogP contribution in [0.5, 0.6) is 0 Å². The lowest BCUT2D eigenvalue weighted by Crippen LogP contribution is -2.54. The third kappa shape index (κ3) is 5.03. The van der Waals surface area contributed by atoms with Gasteiger partial charge in [-0.15, -0.1) is 0 Å². The van der Waals surface area contributed by atoms with Crippen molar-refractivity contribution in [2.24, 2.45) is 5.92 Å². The van der Waals surface area contributed by atoms with Crippen molar-refractivity contribution in [1.82, 2.24) is 15.1 Å². The van der Waals surface area contributed by atoms with Gasteiger partial charge < -0.3 is 19.9 Å². The van der Waals surface area contributed by atoms with Gasteiger partial charge in [-0.3, -0.25) is 14.4 Å². The zero-order valence-electron chi connectivity index (χ0n) is 21.1. The van der Waals surface area contributed by atoms with Crippen molar-refractivity contribution in [2.45, 2.75) is 88.9 Å². The van der Waals surface area contributed by atoms with Crippen LogP contribution in [-0.4, -0.2) is 77.9 Å². The van der Waals surface area contributed by atoms with Crippen molar-refractivity contribution in [3.63, 3.8) is 0 Å². The number of likely N-dealkylation sites (tertiary alicyclic amines) is 2. The van der Waals surface area contributed by atoms with Gasteiger partial charge in [0, 0.05) is 18.2 Å². The average molecular weight is 482 g/mol. The minimum atomic E-state index is -0.586. The van der Waals surface area contributed by atoms with Crippen LogP contribution >= 0.6 is 0 Å². The van der Waals surface area contributed by atoms with Crippen LogP contribution in [0, 0.1) is 5.92 Å². The van der Waals surface area contributed by atoms with E-state index < -0.39 is 12.1 Å².